The van der Waals surface area contributed by atoms with Crippen molar-refractivity contribution in [1.82, 2.24) is 5.32 Å². The third-order valence-electron chi connectivity index (χ3n) is 8.39. The first-order valence-corrected chi connectivity index (χ1v) is 16.3. The Kier molecular flexibility index (Phi) is 13.4. The van der Waals surface area contributed by atoms with E-state index >= 15 is 0 Å². The largest absolute Gasteiger partial charge is 0.496 e. The number of benzene rings is 4. The van der Waals surface area contributed by atoms with E-state index < -0.39 is 6.10 Å². The van der Waals surface area contributed by atoms with Gasteiger partial charge in [-0.1, -0.05) is 36.4 Å². The molecule has 0 unspecified atom stereocenters. The van der Waals surface area contributed by atoms with Crippen molar-refractivity contribution in [1.29, 1.82) is 0 Å². The van der Waals surface area contributed by atoms with E-state index in [9.17, 15) is 9.50 Å². The molecule has 48 heavy (non-hydrogen) atoms. The molecule has 1 aliphatic rings. The summed E-state index contributed by atoms with van der Waals surface area (Å²) >= 11 is 0. The minimum atomic E-state index is -0.724. The molecule has 4 aromatic rings. The van der Waals surface area contributed by atoms with Crippen LogP contribution in [-0.2, 0) is 32.2 Å². The SMILES string of the molecule is COC[C@@H](O)CO[C@@H]1CNC[C@H](OCc2cc(OC)c3ccccc3c2)[C@H]1c1ccc(OCCCOCc2cc(F)ccc2OC)cc1. The Morgan fingerprint density at radius 2 is 1.58 bits per heavy atom. The van der Waals surface area contributed by atoms with Gasteiger partial charge in [-0.25, -0.2) is 4.39 Å². The van der Waals surface area contributed by atoms with E-state index in [0.717, 1.165) is 33.4 Å². The second kappa shape index (κ2) is 18.1. The molecule has 258 valence electrons. The summed E-state index contributed by atoms with van der Waals surface area (Å²) in [5, 5.41) is 15.9. The zero-order chi connectivity index (χ0) is 33.7. The third kappa shape index (κ3) is 9.65. The van der Waals surface area contributed by atoms with Crippen LogP contribution in [0.2, 0.25) is 0 Å². The summed E-state index contributed by atoms with van der Waals surface area (Å²) in [5.74, 6) is 1.74. The molecule has 5 rings (SSSR count). The summed E-state index contributed by atoms with van der Waals surface area (Å²) < 4.78 is 54.2. The molecule has 0 amide bonds. The van der Waals surface area contributed by atoms with Gasteiger partial charge in [0, 0.05) is 43.5 Å². The molecule has 1 saturated heterocycles. The molecule has 4 aromatic carbocycles. The molecular formula is C38H46FNO8. The first kappa shape index (κ1) is 35.5. The van der Waals surface area contributed by atoms with Crippen LogP contribution in [0.15, 0.2) is 78.9 Å². The van der Waals surface area contributed by atoms with Gasteiger partial charge in [0.1, 0.15) is 29.2 Å². The number of nitrogens with one attached hydrogen (secondary N) is 1. The standard InChI is InChI=1S/C38H46FNO8/c1-42-24-31(41)25-48-37-21-40-20-36(47-22-26-17-28-7-4-5-8-33(28)35(18-26)44-3)38(37)27-9-12-32(13-10-27)46-16-6-15-45-23-29-19-30(39)11-14-34(29)43-2/h4-5,7-14,17-19,31,36-38,40-41H,6,15-16,20-25H2,1-3H3/t31-,36+,37-,38-/m1/s1. The van der Waals surface area contributed by atoms with Crippen LogP contribution < -0.4 is 19.5 Å². The highest BCUT2D eigenvalue weighted by molar-refractivity contribution is 5.89. The predicted octanol–water partition coefficient (Wildman–Crippen LogP) is 5.65. The van der Waals surface area contributed by atoms with E-state index in [-0.39, 0.29) is 43.8 Å². The van der Waals surface area contributed by atoms with Gasteiger partial charge in [-0.15, -0.1) is 0 Å². The van der Waals surface area contributed by atoms with Gasteiger partial charge in [-0.3, -0.25) is 0 Å². The lowest BCUT2D eigenvalue weighted by Crippen LogP contribution is -2.51. The lowest BCUT2D eigenvalue weighted by molar-refractivity contribution is -0.0856. The first-order chi connectivity index (χ1) is 23.5. The van der Waals surface area contributed by atoms with Crippen molar-refractivity contribution in [2.45, 2.75) is 43.9 Å². The molecule has 0 spiro atoms. The van der Waals surface area contributed by atoms with Crippen LogP contribution in [-0.4, -0.2) is 84.3 Å². The molecule has 2 N–H and O–H groups in total. The Morgan fingerprint density at radius 1 is 0.812 bits per heavy atom. The van der Waals surface area contributed by atoms with Crippen molar-refractivity contribution in [2.24, 2.45) is 0 Å². The van der Waals surface area contributed by atoms with E-state index in [1.807, 2.05) is 36.4 Å². The number of aliphatic hydroxyl groups excluding tert-OH is 1. The van der Waals surface area contributed by atoms with E-state index in [1.165, 1.54) is 12.1 Å². The number of rotatable bonds is 18. The molecule has 1 aliphatic heterocycles. The Morgan fingerprint density at radius 3 is 2.35 bits per heavy atom. The molecule has 0 bridgehead atoms. The minimum absolute atomic E-state index is 0.0920. The number of piperidine rings is 1. The maximum Gasteiger partial charge on any atom is 0.127 e. The Balaban J connectivity index is 1.20. The first-order valence-electron chi connectivity index (χ1n) is 16.3. The van der Waals surface area contributed by atoms with Gasteiger partial charge in [-0.05, 0) is 59.0 Å². The van der Waals surface area contributed by atoms with Crippen molar-refractivity contribution in [3.05, 3.63) is 101 Å². The van der Waals surface area contributed by atoms with Crippen molar-refractivity contribution < 1.29 is 42.7 Å². The number of ether oxygens (including phenoxy) is 7. The third-order valence-corrected chi connectivity index (χ3v) is 8.39. The maximum atomic E-state index is 13.6. The Labute approximate surface area is 281 Å². The van der Waals surface area contributed by atoms with Gasteiger partial charge in [0.05, 0.1) is 66.1 Å². The second-order valence-electron chi connectivity index (χ2n) is 11.8. The molecule has 4 atom stereocenters. The van der Waals surface area contributed by atoms with Crippen LogP contribution in [0.4, 0.5) is 4.39 Å². The molecule has 0 aromatic heterocycles. The fourth-order valence-electron chi connectivity index (χ4n) is 6.06. The van der Waals surface area contributed by atoms with Crippen LogP contribution in [0.5, 0.6) is 17.2 Å². The average molecular weight is 664 g/mol. The Hall–Kier alpha value is -3.77. The molecule has 0 aliphatic carbocycles. The van der Waals surface area contributed by atoms with Crippen LogP contribution >= 0.6 is 0 Å². The smallest absolute Gasteiger partial charge is 0.127 e. The number of fused-ring (bicyclic) bond motifs is 1. The molecule has 10 heteroatoms. The molecule has 0 radical (unpaired) electrons. The topological polar surface area (TPSA) is 96.9 Å². The van der Waals surface area contributed by atoms with Crippen molar-refractivity contribution >= 4 is 10.8 Å². The van der Waals surface area contributed by atoms with Gasteiger partial charge in [-0.2, -0.15) is 0 Å². The second-order valence-corrected chi connectivity index (χ2v) is 11.8. The van der Waals surface area contributed by atoms with Gasteiger partial charge >= 0.3 is 0 Å². The minimum Gasteiger partial charge on any atom is -0.496 e. The number of halogens is 1. The zero-order valence-electron chi connectivity index (χ0n) is 27.9. The van der Waals surface area contributed by atoms with Gasteiger partial charge < -0.3 is 43.6 Å². The lowest BCUT2D eigenvalue weighted by atomic mass is 9.85. The zero-order valence-corrected chi connectivity index (χ0v) is 27.9. The lowest BCUT2D eigenvalue weighted by Gasteiger charge is -2.39. The van der Waals surface area contributed by atoms with Gasteiger partial charge in [0.15, 0.2) is 0 Å². The summed E-state index contributed by atoms with van der Waals surface area (Å²) in [5.41, 5.74) is 2.75. The fraction of sp³-hybridized carbons (Fsp3) is 0.421. The highest BCUT2D eigenvalue weighted by Crippen LogP contribution is 2.33. The molecule has 1 heterocycles. The quantitative estimate of drug-likeness (QED) is 0.131. The van der Waals surface area contributed by atoms with E-state index in [2.05, 4.69) is 29.6 Å². The number of aliphatic hydroxyl groups is 1. The van der Waals surface area contributed by atoms with Gasteiger partial charge in [0.25, 0.3) is 0 Å². The fourth-order valence-corrected chi connectivity index (χ4v) is 6.06. The van der Waals surface area contributed by atoms with Crippen molar-refractivity contribution in [2.75, 3.05) is 60.8 Å². The highest BCUT2D eigenvalue weighted by atomic mass is 19.1. The van der Waals surface area contributed by atoms with Crippen LogP contribution in [0.1, 0.15) is 29.0 Å². The van der Waals surface area contributed by atoms with Crippen molar-refractivity contribution in [3.8, 4) is 17.2 Å². The molecule has 0 saturated carbocycles. The van der Waals surface area contributed by atoms with Gasteiger partial charge in [0.2, 0.25) is 0 Å². The monoisotopic (exact) mass is 663 g/mol. The van der Waals surface area contributed by atoms with Crippen LogP contribution in [0.3, 0.4) is 0 Å². The molecule has 9 nitrogen and oxygen atoms in total. The number of hydrogen-bond acceptors (Lipinski definition) is 9. The summed E-state index contributed by atoms with van der Waals surface area (Å²) in [6.45, 7) is 3.21. The number of methoxy groups -OCH3 is 3. The van der Waals surface area contributed by atoms with Crippen LogP contribution in [0, 0.1) is 5.82 Å². The summed E-state index contributed by atoms with van der Waals surface area (Å²) in [7, 11) is 4.79. The van der Waals surface area contributed by atoms with E-state index in [1.54, 1.807) is 27.4 Å². The summed E-state index contributed by atoms with van der Waals surface area (Å²) in [6, 6.07) is 24.7. The molecular weight excluding hydrogens is 617 g/mol. The Bertz CT molecular complexity index is 1570. The van der Waals surface area contributed by atoms with E-state index in [0.29, 0.717) is 50.6 Å². The van der Waals surface area contributed by atoms with Crippen LogP contribution in [0.25, 0.3) is 10.8 Å². The number of hydrogen-bond donors (Lipinski definition) is 2. The maximum absolute atomic E-state index is 13.6. The average Bonchev–Trinajstić information content (AvgIpc) is 3.11. The predicted molar refractivity (Wildman–Crippen MR) is 181 cm³/mol. The summed E-state index contributed by atoms with van der Waals surface area (Å²) in [6.07, 6.45) is -0.482. The van der Waals surface area contributed by atoms with E-state index in [4.69, 9.17) is 33.2 Å². The molecule has 1 fully saturated rings. The normalized spacial score (nSPS) is 18.5. The van der Waals surface area contributed by atoms with Crippen molar-refractivity contribution in [3.63, 3.8) is 0 Å². The highest BCUT2D eigenvalue weighted by Gasteiger charge is 2.36. The summed E-state index contributed by atoms with van der Waals surface area (Å²) in [4.78, 5) is 0.